The molecule has 1 spiro atoms. The molecule has 1 saturated carbocycles. The summed E-state index contributed by atoms with van der Waals surface area (Å²) in [7, 11) is 0. The highest BCUT2D eigenvalue weighted by Crippen LogP contribution is 2.35. The highest BCUT2D eigenvalue weighted by molar-refractivity contribution is 6.43. The highest BCUT2D eigenvalue weighted by Gasteiger charge is 2.52. The lowest BCUT2D eigenvalue weighted by atomic mass is 9.98. The Morgan fingerprint density at radius 1 is 1.25 bits per heavy atom. The molecule has 1 heterocycles. The molecule has 1 aromatic carbocycles. The molecule has 24 heavy (non-hydrogen) atoms. The minimum absolute atomic E-state index is 0.0244. The molecule has 0 aromatic heterocycles. The zero-order valence-electron chi connectivity index (χ0n) is 12.8. The van der Waals surface area contributed by atoms with Crippen LogP contribution in [-0.2, 0) is 9.59 Å². The minimum Gasteiger partial charge on any atom is -0.425 e. The van der Waals surface area contributed by atoms with Gasteiger partial charge in [0.1, 0.15) is 10.6 Å². The van der Waals surface area contributed by atoms with E-state index in [9.17, 15) is 14.4 Å². The lowest BCUT2D eigenvalue weighted by Crippen LogP contribution is -2.44. The number of benzene rings is 1. The van der Waals surface area contributed by atoms with Crippen LogP contribution in [0.25, 0.3) is 0 Å². The fraction of sp³-hybridized carbons (Fsp3) is 0.438. The van der Waals surface area contributed by atoms with Crippen LogP contribution in [0.15, 0.2) is 18.2 Å². The number of nitrogens with zero attached hydrogens (tertiary/aromatic N) is 1. The Bertz CT molecular complexity index is 701. The van der Waals surface area contributed by atoms with Gasteiger partial charge < -0.3 is 10.1 Å². The molecule has 1 aliphatic heterocycles. The summed E-state index contributed by atoms with van der Waals surface area (Å²) >= 11 is 11.8. The van der Waals surface area contributed by atoms with Gasteiger partial charge >= 0.3 is 12.0 Å². The van der Waals surface area contributed by atoms with Gasteiger partial charge in [0, 0.05) is 6.54 Å². The van der Waals surface area contributed by atoms with Crippen molar-refractivity contribution in [3.05, 3.63) is 28.2 Å². The molecule has 3 rings (SSSR count). The van der Waals surface area contributed by atoms with Crippen LogP contribution >= 0.6 is 23.2 Å². The molecule has 0 radical (unpaired) electrons. The Morgan fingerprint density at radius 2 is 1.96 bits per heavy atom. The summed E-state index contributed by atoms with van der Waals surface area (Å²) in [5, 5.41) is 3.19. The van der Waals surface area contributed by atoms with Gasteiger partial charge in [-0.2, -0.15) is 0 Å². The molecular formula is C16H16Cl2N2O4. The third kappa shape index (κ3) is 3.08. The SMILES string of the molecule is O=C(CCN1C(=O)NC2(CCCC2)C1=O)Oc1cccc(Cl)c1Cl. The molecule has 0 unspecified atom stereocenters. The van der Waals surface area contributed by atoms with E-state index in [-0.39, 0.29) is 34.7 Å². The smallest absolute Gasteiger partial charge is 0.325 e. The average Bonchev–Trinajstić information content (AvgIpc) is 3.09. The molecule has 1 N–H and O–H groups in total. The number of carbonyl (C=O) groups excluding carboxylic acids is 3. The number of hydrogen-bond donors (Lipinski definition) is 1. The van der Waals surface area contributed by atoms with Crippen molar-refractivity contribution in [2.24, 2.45) is 0 Å². The first-order valence-electron chi connectivity index (χ1n) is 7.72. The van der Waals surface area contributed by atoms with Gasteiger partial charge in [-0.1, -0.05) is 42.1 Å². The van der Waals surface area contributed by atoms with Crippen molar-refractivity contribution in [3.63, 3.8) is 0 Å². The summed E-state index contributed by atoms with van der Waals surface area (Å²) in [5.41, 5.74) is -0.767. The van der Waals surface area contributed by atoms with Crippen molar-refractivity contribution >= 4 is 41.1 Å². The molecule has 0 bridgehead atoms. The van der Waals surface area contributed by atoms with Crippen LogP contribution in [0.4, 0.5) is 4.79 Å². The fourth-order valence-corrected chi connectivity index (χ4v) is 3.47. The van der Waals surface area contributed by atoms with E-state index in [1.807, 2.05) is 0 Å². The van der Waals surface area contributed by atoms with Gasteiger partial charge in [-0.05, 0) is 25.0 Å². The number of carbonyl (C=O) groups is 3. The summed E-state index contributed by atoms with van der Waals surface area (Å²) in [5.74, 6) is -0.690. The summed E-state index contributed by atoms with van der Waals surface area (Å²) in [4.78, 5) is 37.5. The predicted octanol–water partition coefficient (Wildman–Crippen LogP) is 3.15. The zero-order valence-corrected chi connectivity index (χ0v) is 14.3. The lowest BCUT2D eigenvalue weighted by Gasteiger charge is -2.19. The molecule has 0 atom stereocenters. The van der Waals surface area contributed by atoms with E-state index >= 15 is 0 Å². The highest BCUT2D eigenvalue weighted by atomic mass is 35.5. The maximum atomic E-state index is 12.5. The van der Waals surface area contributed by atoms with E-state index in [1.165, 1.54) is 6.07 Å². The van der Waals surface area contributed by atoms with Crippen LogP contribution in [0.1, 0.15) is 32.1 Å². The number of hydrogen-bond acceptors (Lipinski definition) is 4. The third-order valence-corrected chi connectivity index (χ3v) is 5.18. The molecule has 8 heteroatoms. The first-order chi connectivity index (χ1) is 11.4. The number of ether oxygens (including phenoxy) is 1. The lowest BCUT2D eigenvalue weighted by molar-refractivity contribution is -0.135. The van der Waals surface area contributed by atoms with Gasteiger partial charge in [0.15, 0.2) is 5.75 Å². The van der Waals surface area contributed by atoms with E-state index < -0.39 is 17.5 Å². The second kappa shape index (κ2) is 6.61. The van der Waals surface area contributed by atoms with E-state index in [0.717, 1.165) is 17.7 Å². The first kappa shape index (κ1) is 17.0. The van der Waals surface area contributed by atoms with Gasteiger partial charge in [-0.3, -0.25) is 14.5 Å². The van der Waals surface area contributed by atoms with Gasteiger partial charge in [0.05, 0.1) is 11.4 Å². The Labute approximate surface area is 149 Å². The molecule has 1 aliphatic carbocycles. The number of nitrogens with one attached hydrogen (secondary N) is 1. The van der Waals surface area contributed by atoms with Crippen molar-refractivity contribution in [2.75, 3.05) is 6.54 Å². The number of urea groups is 1. The Hall–Kier alpha value is -1.79. The Morgan fingerprint density at radius 3 is 2.67 bits per heavy atom. The Kier molecular flexibility index (Phi) is 4.69. The second-order valence-corrected chi connectivity index (χ2v) is 6.74. The number of halogens is 2. The molecule has 1 saturated heterocycles. The van der Waals surface area contributed by atoms with Gasteiger partial charge in [-0.15, -0.1) is 0 Å². The summed E-state index contributed by atoms with van der Waals surface area (Å²) in [6, 6.07) is 4.26. The van der Waals surface area contributed by atoms with Crippen molar-refractivity contribution in [1.82, 2.24) is 10.2 Å². The van der Waals surface area contributed by atoms with Crippen LogP contribution in [-0.4, -0.2) is 34.9 Å². The molecule has 1 aromatic rings. The topological polar surface area (TPSA) is 75.7 Å². The largest absolute Gasteiger partial charge is 0.425 e. The molecule has 2 aliphatic rings. The molecule has 3 amide bonds. The van der Waals surface area contributed by atoms with E-state index in [1.54, 1.807) is 12.1 Å². The van der Waals surface area contributed by atoms with Gasteiger partial charge in [0.25, 0.3) is 5.91 Å². The maximum absolute atomic E-state index is 12.5. The molecule has 128 valence electrons. The summed E-state index contributed by atoms with van der Waals surface area (Å²) < 4.78 is 5.15. The fourth-order valence-electron chi connectivity index (χ4n) is 3.14. The normalized spacial score (nSPS) is 19.0. The van der Waals surface area contributed by atoms with Crippen LogP contribution < -0.4 is 10.1 Å². The van der Waals surface area contributed by atoms with Crippen LogP contribution in [0.3, 0.4) is 0 Å². The van der Waals surface area contributed by atoms with Crippen molar-refractivity contribution in [2.45, 2.75) is 37.6 Å². The Balaban J connectivity index is 1.59. The molecule has 6 nitrogen and oxygen atoms in total. The summed E-state index contributed by atoms with van der Waals surface area (Å²) in [6.45, 7) is -0.0244. The zero-order chi connectivity index (χ0) is 17.3. The van der Waals surface area contributed by atoms with Crippen molar-refractivity contribution in [3.8, 4) is 5.75 Å². The average molecular weight is 371 g/mol. The minimum atomic E-state index is -0.767. The van der Waals surface area contributed by atoms with Crippen LogP contribution in [0.2, 0.25) is 10.0 Å². The summed E-state index contributed by atoms with van der Waals surface area (Å²) in [6.07, 6.45) is 3.01. The van der Waals surface area contributed by atoms with Crippen LogP contribution in [0, 0.1) is 0 Å². The maximum Gasteiger partial charge on any atom is 0.325 e. The number of imide groups is 1. The van der Waals surface area contributed by atoms with Crippen molar-refractivity contribution < 1.29 is 19.1 Å². The number of rotatable bonds is 4. The van der Waals surface area contributed by atoms with Gasteiger partial charge in [0.2, 0.25) is 0 Å². The second-order valence-electron chi connectivity index (χ2n) is 5.95. The number of esters is 1. The molecule has 2 fully saturated rings. The van der Waals surface area contributed by atoms with Crippen LogP contribution in [0.5, 0.6) is 5.75 Å². The standard InChI is InChI=1S/C16H16Cl2N2O4/c17-10-4-3-5-11(13(10)18)24-12(21)6-9-20-14(22)16(19-15(20)23)7-1-2-8-16/h3-5H,1-2,6-9H2,(H,19,23). The van der Waals surface area contributed by atoms with E-state index in [0.29, 0.717) is 12.8 Å². The van der Waals surface area contributed by atoms with E-state index in [2.05, 4.69) is 5.32 Å². The monoisotopic (exact) mass is 370 g/mol. The quantitative estimate of drug-likeness (QED) is 0.501. The van der Waals surface area contributed by atoms with Crippen molar-refractivity contribution in [1.29, 1.82) is 0 Å². The third-order valence-electron chi connectivity index (χ3n) is 4.38. The predicted molar refractivity (Wildman–Crippen MR) is 88.2 cm³/mol. The van der Waals surface area contributed by atoms with Gasteiger partial charge in [-0.25, -0.2) is 4.79 Å². The number of amides is 3. The van der Waals surface area contributed by atoms with E-state index in [4.69, 9.17) is 27.9 Å². The first-order valence-corrected chi connectivity index (χ1v) is 8.47. The molecular weight excluding hydrogens is 355 g/mol.